The van der Waals surface area contributed by atoms with Crippen LogP contribution in [0.3, 0.4) is 0 Å². The van der Waals surface area contributed by atoms with E-state index in [0.29, 0.717) is 10.7 Å². The van der Waals surface area contributed by atoms with Crippen molar-refractivity contribution < 1.29 is 14.6 Å². The minimum absolute atomic E-state index is 0.114. The Balaban J connectivity index is 1.83. The zero-order valence-electron chi connectivity index (χ0n) is 14.2. The third kappa shape index (κ3) is 3.34. The van der Waals surface area contributed by atoms with Crippen LogP contribution in [-0.4, -0.2) is 39.0 Å². The molecule has 2 heterocycles. The van der Waals surface area contributed by atoms with E-state index in [1.165, 1.54) is 16.6 Å². The molecule has 27 heavy (non-hydrogen) atoms. The van der Waals surface area contributed by atoms with Gasteiger partial charge in [-0.2, -0.15) is 0 Å². The molecule has 1 aromatic heterocycles. The minimum atomic E-state index is -1.13. The molecule has 0 unspecified atom stereocenters. The van der Waals surface area contributed by atoms with Gasteiger partial charge in [-0.1, -0.05) is 54.2 Å². The topological polar surface area (TPSA) is 89.6 Å². The van der Waals surface area contributed by atoms with Crippen LogP contribution in [0.25, 0.3) is 6.08 Å². The maximum absolute atomic E-state index is 11.4. The molecule has 0 aliphatic carbocycles. The highest BCUT2D eigenvalue weighted by atomic mass is 32.2. The summed E-state index contributed by atoms with van der Waals surface area (Å²) in [4.78, 5) is 13.5. The predicted octanol–water partition coefficient (Wildman–Crippen LogP) is 3.38. The van der Waals surface area contributed by atoms with Crippen LogP contribution >= 0.6 is 11.8 Å². The summed E-state index contributed by atoms with van der Waals surface area (Å²) < 4.78 is 5.19. The van der Waals surface area contributed by atoms with Gasteiger partial charge in [0.05, 0.1) is 7.11 Å². The number of carboxylic acids is 1. The molecule has 134 valence electrons. The standard InChI is InChI=1S/C19H14N4O3S/c1-26-14-9-7-12(8-10-14)11-15-16(13-5-3-2-4-6-13)21-23-18(27-15)17(19(24)25)20-22-23/h2-11H,1H3,(H,24,25)/b15-11-. The number of methoxy groups -OCH3 is 1. The molecule has 0 radical (unpaired) electrons. The summed E-state index contributed by atoms with van der Waals surface area (Å²) in [6.45, 7) is 0. The van der Waals surface area contributed by atoms with Gasteiger partial charge in [-0.15, -0.1) is 15.0 Å². The van der Waals surface area contributed by atoms with E-state index >= 15 is 0 Å². The maximum Gasteiger partial charge on any atom is 0.359 e. The predicted molar refractivity (Wildman–Crippen MR) is 102 cm³/mol. The van der Waals surface area contributed by atoms with Gasteiger partial charge in [-0.25, -0.2) is 4.79 Å². The smallest absolute Gasteiger partial charge is 0.359 e. The van der Waals surface area contributed by atoms with E-state index in [2.05, 4.69) is 15.4 Å². The molecule has 1 aliphatic heterocycles. The summed E-state index contributed by atoms with van der Waals surface area (Å²) >= 11 is 1.28. The second kappa shape index (κ2) is 7.08. The number of hydrogen-bond donors (Lipinski definition) is 1. The van der Waals surface area contributed by atoms with Crippen LogP contribution in [0.1, 0.15) is 21.6 Å². The second-order valence-corrected chi connectivity index (χ2v) is 6.67. The molecule has 0 saturated carbocycles. The van der Waals surface area contributed by atoms with Gasteiger partial charge in [0.2, 0.25) is 5.69 Å². The Morgan fingerprint density at radius 1 is 1.15 bits per heavy atom. The molecule has 0 atom stereocenters. The number of benzene rings is 2. The van der Waals surface area contributed by atoms with E-state index in [0.717, 1.165) is 21.8 Å². The lowest BCUT2D eigenvalue weighted by atomic mass is 10.1. The number of allylic oxidation sites excluding steroid dienone is 1. The summed E-state index contributed by atoms with van der Waals surface area (Å²) in [5.74, 6) is -0.369. The van der Waals surface area contributed by atoms with Crippen molar-refractivity contribution in [3.8, 4) is 5.75 Å². The fourth-order valence-corrected chi connectivity index (χ4v) is 3.64. The molecule has 0 saturated heterocycles. The molecule has 7 nitrogen and oxygen atoms in total. The monoisotopic (exact) mass is 378 g/mol. The molecule has 1 N–H and O–H groups in total. The number of rotatable bonds is 4. The third-order valence-corrected chi connectivity index (χ3v) is 4.99. The molecular formula is C19H14N4O3S. The Hall–Kier alpha value is -3.39. The lowest BCUT2D eigenvalue weighted by molar-refractivity contribution is 0.0686. The van der Waals surface area contributed by atoms with Gasteiger partial charge < -0.3 is 9.84 Å². The summed E-state index contributed by atoms with van der Waals surface area (Å²) in [7, 11) is 1.62. The van der Waals surface area contributed by atoms with Gasteiger partial charge in [0.15, 0.2) is 5.03 Å². The zero-order chi connectivity index (χ0) is 18.8. The Bertz CT molecular complexity index is 1060. The van der Waals surface area contributed by atoms with Gasteiger partial charge in [0.1, 0.15) is 11.5 Å². The first-order valence-electron chi connectivity index (χ1n) is 8.03. The molecule has 3 aromatic rings. The highest BCUT2D eigenvalue weighted by molar-refractivity contribution is 8.04. The van der Waals surface area contributed by atoms with Crippen LogP contribution in [-0.2, 0) is 0 Å². The number of nitrogens with zero attached hydrogens (tertiary/aromatic N) is 4. The van der Waals surface area contributed by atoms with E-state index in [4.69, 9.17) is 4.74 Å². The number of thioether (sulfide) groups is 1. The van der Waals surface area contributed by atoms with Crippen LogP contribution in [0.15, 0.2) is 69.6 Å². The zero-order valence-corrected chi connectivity index (χ0v) is 15.1. The van der Waals surface area contributed by atoms with E-state index in [-0.39, 0.29) is 5.69 Å². The number of aromatic nitrogens is 3. The SMILES string of the molecule is COc1ccc(/C=C2\Sc3c(C(=O)O)nnn3N=C2c2ccccc2)cc1. The third-order valence-electron chi connectivity index (χ3n) is 3.91. The summed E-state index contributed by atoms with van der Waals surface area (Å²) in [5.41, 5.74) is 2.43. The van der Waals surface area contributed by atoms with Crippen molar-refractivity contribution in [1.82, 2.24) is 15.1 Å². The van der Waals surface area contributed by atoms with Crippen molar-refractivity contribution in [3.05, 3.63) is 76.3 Å². The van der Waals surface area contributed by atoms with E-state index in [9.17, 15) is 9.90 Å². The fraction of sp³-hybridized carbons (Fsp3) is 0.0526. The summed E-state index contributed by atoms with van der Waals surface area (Å²) in [6.07, 6.45) is 1.96. The van der Waals surface area contributed by atoms with Crippen molar-refractivity contribution in [2.45, 2.75) is 5.03 Å². The van der Waals surface area contributed by atoms with E-state index in [1.807, 2.05) is 60.7 Å². The number of aromatic carboxylic acids is 1. The first-order chi connectivity index (χ1) is 13.2. The highest BCUT2D eigenvalue weighted by Crippen LogP contribution is 2.36. The fourth-order valence-electron chi connectivity index (χ4n) is 2.60. The largest absolute Gasteiger partial charge is 0.497 e. The number of carbonyl (C=O) groups is 1. The molecule has 0 spiro atoms. The average Bonchev–Trinajstić information content (AvgIpc) is 3.12. The van der Waals surface area contributed by atoms with Crippen LogP contribution < -0.4 is 4.74 Å². The molecule has 2 aromatic carbocycles. The maximum atomic E-state index is 11.4. The van der Waals surface area contributed by atoms with Gasteiger partial charge in [-0.05, 0) is 29.0 Å². The number of fused-ring (bicyclic) bond motifs is 1. The lowest BCUT2D eigenvalue weighted by Gasteiger charge is -2.16. The van der Waals surface area contributed by atoms with Crippen molar-refractivity contribution in [2.75, 3.05) is 7.11 Å². The van der Waals surface area contributed by atoms with Crippen molar-refractivity contribution in [2.24, 2.45) is 5.10 Å². The quantitative estimate of drug-likeness (QED) is 0.749. The first kappa shape index (κ1) is 17.0. The Labute approximate surface area is 159 Å². The van der Waals surface area contributed by atoms with E-state index < -0.39 is 5.97 Å². The number of carboxylic acid groups (broad SMARTS) is 1. The van der Waals surface area contributed by atoms with Crippen LogP contribution in [0.2, 0.25) is 0 Å². The molecule has 1 aliphatic rings. The van der Waals surface area contributed by atoms with Crippen LogP contribution in [0, 0.1) is 0 Å². The molecule has 4 rings (SSSR count). The number of ether oxygens (including phenoxy) is 1. The average molecular weight is 378 g/mol. The van der Waals surface area contributed by atoms with Crippen molar-refractivity contribution in [1.29, 1.82) is 0 Å². The normalized spacial score (nSPS) is 14.6. The Kier molecular flexibility index (Phi) is 4.47. The van der Waals surface area contributed by atoms with Crippen LogP contribution in [0.4, 0.5) is 0 Å². The molecule has 8 heteroatoms. The van der Waals surface area contributed by atoms with Gasteiger partial charge in [0, 0.05) is 10.5 Å². The van der Waals surface area contributed by atoms with Gasteiger partial charge in [0.25, 0.3) is 0 Å². The van der Waals surface area contributed by atoms with Crippen molar-refractivity contribution >= 4 is 29.5 Å². The molecule has 0 bridgehead atoms. The summed E-state index contributed by atoms with van der Waals surface area (Å²) in [6, 6.07) is 17.3. The Morgan fingerprint density at radius 3 is 2.56 bits per heavy atom. The molecule has 0 fully saturated rings. The number of hydrogen-bond acceptors (Lipinski definition) is 6. The van der Waals surface area contributed by atoms with Gasteiger partial charge in [-0.3, -0.25) is 0 Å². The lowest BCUT2D eigenvalue weighted by Crippen LogP contribution is -2.13. The van der Waals surface area contributed by atoms with Crippen LogP contribution in [0.5, 0.6) is 5.75 Å². The Morgan fingerprint density at radius 2 is 1.89 bits per heavy atom. The van der Waals surface area contributed by atoms with Gasteiger partial charge >= 0.3 is 5.97 Å². The molecular weight excluding hydrogens is 364 g/mol. The van der Waals surface area contributed by atoms with E-state index in [1.54, 1.807) is 7.11 Å². The summed E-state index contributed by atoms with van der Waals surface area (Å²) in [5, 5.41) is 21.8. The molecule has 0 amide bonds. The van der Waals surface area contributed by atoms with Crippen molar-refractivity contribution in [3.63, 3.8) is 0 Å². The highest BCUT2D eigenvalue weighted by Gasteiger charge is 2.27. The second-order valence-electron chi connectivity index (χ2n) is 5.64. The first-order valence-corrected chi connectivity index (χ1v) is 8.85. The minimum Gasteiger partial charge on any atom is -0.497 e.